The van der Waals surface area contributed by atoms with Crippen LogP contribution in [0.4, 0.5) is 0 Å². The molecule has 1 amide bonds. The number of benzene rings is 1. The van der Waals surface area contributed by atoms with Crippen LogP contribution < -0.4 is 5.32 Å². The van der Waals surface area contributed by atoms with E-state index in [4.69, 9.17) is 0 Å². The van der Waals surface area contributed by atoms with Gasteiger partial charge in [-0.3, -0.25) is 4.79 Å². The molecule has 1 aromatic heterocycles. The molecule has 2 nitrogen and oxygen atoms in total. The summed E-state index contributed by atoms with van der Waals surface area (Å²) in [6.45, 7) is 2.09. The molecule has 0 atom stereocenters. The summed E-state index contributed by atoms with van der Waals surface area (Å²) in [7, 11) is 0. The molecule has 2 aromatic rings. The zero-order chi connectivity index (χ0) is 14.7. The minimum Gasteiger partial charge on any atom is -0.349 e. The van der Waals surface area contributed by atoms with Crippen molar-refractivity contribution in [3.8, 4) is 11.1 Å². The van der Waals surface area contributed by atoms with Crippen LogP contribution in [-0.4, -0.2) is 11.9 Å². The van der Waals surface area contributed by atoms with Crippen molar-refractivity contribution in [2.75, 3.05) is 0 Å². The summed E-state index contributed by atoms with van der Waals surface area (Å²) in [5, 5.41) is 5.22. The van der Waals surface area contributed by atoms with E-state index in [1.165, 1.54) is 24.1 Å². The zero-order valence-corrected chi connectivity index (χ0v) is 13.2. The molecule has 1 fully saturated rings. The van der Waals surface area contributed by atoms with Crippen molar-refractivity contribution in [2.45, 2.75) is 45.1 Å². The van der Waals surface area contributed by atoms with Crippen molar-refractivity contribution < 1.29 is 4.79 Å². The smallest absolute Gasteiger partial charge is 0.252 e. The van der Waals surface area contributed by atoms with Gasteiger partial charge < -0.3 is 5.32 Å². The quantitative estimate of drug-likeness (QED) is 0.867. The Morgan fingerprint density at radius 2 is 1.86 bits per heavy atom. The second-order valence-corrected chi connectivity index (χ2v) is 6.84. The molecule has 1 aliphatic rings. The lowest BCUT2D eigenvalue weighted by Gasteiger charge is -2.22. The van der Waals surface area contributed by atoms with Gasteiger partial charge in [-0.2, -0.15) is 0 Å². The highest BCUT2D eigenvalue weighted by molar-refractivity contribution is 7.10. The Morgan fingerprint density at radius 1 is 1.14 bits per heavy atom. The third kappa shape index (κ3) is 3.18. The maximum absolute atomic E-state index is 12.6. The van der Waals surface area contributed by atoms with Crippen LogP contribution in [-0.2, 0) is 0 Å². The first-order valence-electron chi connectivity index (χ1n) is 7.70. The fraction of sp³-hybridized carbons (Fsp3) is 0.389. The first kappa shape index (κ1) is 14.3. The Labute approximate surface area is 130 Å². The van der Waals surface area contributed by atoms with Gasteiger partial charge in [-0.05, 0) is 25.3 Å². The number of hydrogen-bond donors (Lipinski definition) is 1. The fourth-order valence-electron chi connectivity index (χ4n) is 3.10. The SMILES string of the molecule is Cc1scc(C(=O)NC2CCCCC2)c1-c1ccccc1. The van der Waals surface area contributed by atoms with E-state index in [0.717, 1.165) is 29.5 Å². The largest absolute Gasteiger partial charge is 0.349 e. The van der Waals surface area contributed by atoms with Gasteiger partial charge in [0.25, 0.3) is 5.91 Å². The summed E-state index contributed by atoms with van der Waals surface area (Å²) in [4.78, 5) is 13.8. The maximum Gasteiger partial charge on any atom is 0.252 e. The van der Waals surface area contributed by atoms with Gasteiger partial charge >= 0.3 is 0 Å². The first-order chi connectivity index (χ1) is 10.3. The number of hydrogen-bond acceptors (Lipinski definition) is 2. The van der Waals surface area contributed by atoms with Gasteiger partial charge in [-0.25, -0.2) is 0 Å². The highest BCUT2D eigenvalue weighted by Gasteiger charge is 2.21. The van der Waals surface area contributed by atoms with Crippen LogP contribution in [0.3, 0.4) is 0 Å². The van der Waals surface area contributed by atoms with Crippen molar-refractivity contribution in [2.24, 2.45) is 0 Å². The first-order valence-corrected chi connectivity index (χ1v) is 8.58. The van der Waals surface area contributed by atoms with Gasteiger partial charge in [-0.15, -0.1) is 11.3 Å². The van der Waals surface area contributed by atoms with Gasteiger partial charge in [0.05, 0.1) is 5.56 Å². The Bertz CT molecular complexity index is 611. The highest BCUT2D eigenvalue weighted by Crippen LogP contribution is 2.32. The summed E-state index contributed by atoms with van der Waals surface area (Å²) in [6, 6.07) is 10.6. The molecular formula is C18H21NOS. The minimum absolute atomic E-state index is 0.0881. The number of aryl methyl sites for hydroxylation is 1. The number of thiophene rings is 1. The van der Waals surface area contributed by atoms with Gasteiger partial charge in [0.15, 0.2) is 0 Å². The maximum atomic E-state index is 12.6. The molecule has 1 saturated carbocycles. The van der Waals surface area contributed by atoms with E-state index in [1.807, 2.05) is 23.6 Å². The number of amides is 1. The zero-order valence-electron chi connectivity index (χ0n) is 12.4. The predicted octanol–water partition coefficient (Wildman–Crippen LogP) is 4.79. The van der Waals surface area contributed by atoms with E-state index < -0.39 is 0 Å². The number of carbonyl (C=O) groups excluding carboxylic acids is 1. The molecule has 1 heterocycles. The second-order valence-electron chi connectivity index (χ2n) is 5.75. The van der Waals surface area contributed by atoms with Crippen LogP contribution in [0.2, 0.25) is 0 Å². The molecule has 0 saturated heterocycles. The highest BCUT2D eigenvalue weighted by atomic mass is 32.1. The Hall–Kier alpha value is -1.61. The van der Waals surface area contributed by atoms with Gasteiger partial charge in [-0.1, -0.05) is 49.6 Å². The Kier molecular flexibility index (Phi) is 4.39. The molecule has 0 bridgehead atoms. The van der Waals surface area contributed by atoms with Crippen LogP contribution in [0.15, 0.2) is 35.7 Å². The average Bonchev–Trinajstić information content (AvgIpc) is 2.91. The summed E-state index contributed by atoms with van der Waals surface area (Å²) >= 11 is 1.66. The van der Waals surface area contributed by atoms with Gasteiger partial charge in [0, 0.05) is 21.9 Å². The molecule has 3 heteroatoms. The molecule has 21 heavy (non-hydrogen) atoms. The van der Waals surface area contributed by atoms with Crippen LogP contribution in [0.5, 0.6) is 0 Å². The molecule has 0 aliphatic heterocycles. The number of rotatable bonds is 3. The molecule has 0 spiro atoms. The van der Waals surface area contributed by atoms with Crippen molar-refractivity contribution in [1.29, 1.82) is 0 Å². The van der Waals surface area contributed by atoms with Crippen molar-refractivity contribution >= 4 is 17.2 Å². The predicted molar refractivity (Wildman–Crippen MR) is 88.8 cm³/mol. The number of carbonyl (C=O) groups is 1. The van der Waals surface area contributed by atoms with Gasteiger partial charge in [0.2, 0.25) is 0 Å². The molecule has 1 N–H and O–H groups in total. The van der Waals surface area contributed by atoms with Crippen molar-refractivity contribution in [1.82, 2.24) is 5.32 Å². The normalized spacial score (nSPS) is 15.9. The Morgan fingerprint density at radius 3 is 2.57 bits per heavy atom. The van der Waals surface area contributed by atoms with Crippen LogP contribution in [0.1, 0.15) is 47.3 Å². The van der Waals surface area contributed by atoms with E-state index in [9.17, 15) is 4.79 Å². The van der Waals surface area contributed by atoms with E-state index in [1.54, 1.807) is 11.3 Å². The van der Waals surface area contributed by atoms with Crippen LogP contribution in [0.25, 0.3) is 11.1 Å². The second kappa shape index (κ2) is 6.44. The molecular weight excluding hydrogens is 278 g/mol. The third-order valence-corrected chi connectivity index (χ3v) is 5.13. The van der Waals surface area contributed by atoms with Crippen LogP contribution in [0, 0.1) is 6.92 Å². The average molecular weight is 299 g/mol. The molecule has 1 aromatic carbocycles. The monoisotopic (exact) mass is 299 g/mol. The van der Waals surface area contributed by atoms with E-state index in [-0.39, 0.29) is 5.91 Å². The molecule has 0 unspecified atom stereocenters. The lowest BCUT2D eigenvalue weighted by molar-refractivity contribution is 0.0929. The number of nitrogens with one attached hydrogen (secondary N) is 1. The lowest BCUT2D eigenvalue weighted by atomic mass is 9.95. The molecule has 0 radical (unpaired) electrons. The molecule has 110 valence electrons. The minimum atomic E-state index is 0.0881. The topological polar surface area (TPSA) is 29.1 Å². The van der Waals surface area contributed by atoms with E-state index in [0.29, 0.717) is 6.04 Å². The lowest BCUT2D eigenvalue weighted by Crippen LogP contribution is -2.36. The third-order valence-electron chi connectivity index (χ3n) is 4.22. The molecule has 3 rings (SSSR count). The Balaban J connectivity index is 1.84. The standard InChI is InChI=1S/C18H21NOS/c1-13-17(14-8-4-2-5-9-14)16(12-21-13)18(20)19-15-10-6-3-7-11-15/h2,4-5,8-9,12,15H,3,6-7,10-11H2,1H3,(H,19,20). The fourth-order valence-corrected chi connectivity index (χ4v) is 3.96. The van der Waals surface area contributed by atoms with Crippen molar-refractivity contribution in [3.63, 3.8) is 0 Å². The van der Waals surface area contributed by atoms with Crippen molar-refractivity contribution in [3.05, 3.63) is 46.2 Å². The van der Waals surface area contributed by atoms with E-state index >= 15 is 0 Å². The van der Waals surface area contributed by atoms with Gasteiger partial charge in [0.1, 0.15) is 0 Å². The van der Waals surface area contributed by atoms with Crippen LogP contribution >= 0.6 is 11.3 Å². The summed E-state index contributed by atoms with van der Waals surface area (Å²) in [5.74, 6) is 0.0881. The summed E-state index contributed by atoms with van der Waals surface area (Å²) in [5.41, 5.74) is 3.05. The summed E-state index contributed by atoms with van der Waals surface area (Å²) in [6.07, 6.45) is 6.02. The summed E-state index contributed by atoms with van der Waals surface area (Å²) < 4.78 is 0. The van der Waals surface area contributed by atoms with E-state index in [2.05, 4.69) is 24.4 Å². The molecule has 1 aliphatic carbocycles.